The molecule has 2 heterocycles. The summed E-state index contributed by atoms with van der Waals surface area (Å²) in [6.07, 6.45) is 1.95. The van der Waals surface area contributed by atoms with Crippen molar-refractivity contribution in [2.45, 2.75) is 33.1 Å². The van der Waals surface area contributed by atoms with Crippen LogP contribution in [0, 0.1) is 12.8 Å². The molecule has 0 amide bonds. The Labute approximate surface area is 118 Å². The van der Waals surface area contributed by atoms with Gasteiger partial charge in [-0.05, 0) is 32.6 Å². The minimum Gasteiger partial charge on any atom is -0.481 e. The van der Waals surface area contributed by atoms with E-state index in [-0.39, 0.29) is 6.42 Å². The first-order chi connectivity index (χ1) is 9.58. The summed E-state index contributed by atoms with van der Waals surface area (Å²) in [6, 6.07) is 1.82. The van der Waals surface area contributed by atoms with Crippen LogP contribution in [0.1, 0.15) is 31.9 Å². The lowest BCUT2D eigenvalue weighted by molar-refractivity contribution is -0.137. The Morgan fingerprint density at radius 1 is 1.55 bits per heavy atom. The second kappa shape index (κ2) is 6.54. The molecule has 0 bridgehead atoms. The molecule has 6 nitrogen and oxygen atoms in total. The smallest absolute Gasteiger partial charge is 0.303 e. The van der Waals surface area contributed by atoms with E-state index >= 15 is 0 Å². The van der Waals surface area contributed by atoms with E-state index in [1.165, 1.54) is 0 Å². The van der Waals surface area contributed by atoms with Gasteiger partial charge in [-0.25, -0.2) is 4.98 Å². The maximum atomic E-state index is 10.6. The number of hydrogen-bond acceptors (Lipinski definition) is 5. The highest BCUT2D eigenvalue weighted by molar-refractivity contribution is 5.66. The zero-order valence-corrected chi connectivity index (χ0v) is 12.0. The van der Waals surface area contributed by atoms with Gasteiger partial charge in [0.1, 0.15) is 0 Å². The Balaban J connectivity index is 2.00. The van der Waals surface area contributed by atoms with Gasteiger partial charge in [0.2, 0.25) is 11.8 Å². The average molecular weight is 279 g/mol. The van der Waals surface area contributed by atoms with Crippen molar-refractivity contribution in [1.82, 2.24) is 9.97 Å². The standard InChI is InChI=1S/C14H21N3O3/c1-3-20-12-8-10(2)15-14(16-12)17-7-6-11(9-17)4-5-13(18)19/h8,11H,3-7,9H2,1-2H3,(H,18,19). The fourth-order valence-corrected chi connectivity index (χ4v) is 2.47. The average Bonchev–Trinajstić information content (AvgIpc) is 2.85. The molecular formula is C14H21N3O3. The maximum absolute atomic E-state index is 10.6. The van der Waals surface area contributed by atoms with E-state index < -0.39 is 5.97 Å². The molecule has 110 valence electrons. The zero-order chi connectivity index (χ0) is 14.5. The van der Waals surface area contributed by atoms with Crippen molar-refractivity contribution in [1.29, 1.82) is 0 Å². The molecule has 1 atom stereocenters. The van der Waals surface area contributed by atoms with Gasteiger partial charge >= 0.3 is 5.97 Å². The molecule has 2 rings (SSSR count). The van der Waals surface area contributed by atoms with Crippen LogP contribution in [0.4, 0.5) is 5.95 Å². The number of nitrogens with zero attached hydrogens (tertiary/aromatic N) is 3. The number of ether oxygens (including phenoxy) is 1. The summed E-state index contributed by atoms with van der Waals surface area (Å²) in [5.74, 6) is 0.968. The molecule has 0 saturated carbocycles. The SMILES string of the molecule is CCOc1cc(C)nc(N2CCC(CCC(=O)O)C2)n1. The third-order valence-electron chi connectivity index (χ3n) is 3.45. The monoisotopic (exact) mass is 279 g/mol. The Hall–Kier alpha value is -1.85. The first-order valence-electron chi connectivity index (χ1n) is 7.03. The van der Waals surface area contributed by atoms with Crippen LogP contribution in [-0.2, 0) is 4.79 Å². The minimum atomic E-state index is -0.728. The largest absolute Gasteiger partial charge is 0.481 e. The van der Waals surface area contributed by atoms with Gasteiger partial charge in [0, 0.05) is 31.3 Å². The van der Waals surface area contributed by atoms with Gasteiger partial charge in [0.25, 0.3) is 0 Å². The van der Waals surface area contributed by atoms with Gasteiger partial charge < -0.3 is 14.7 Å². The second-order valence-electron chi connectivity index (χ2n) is 5.11. The highest BCUT2D eigenvalue weighted by Gasteiger charge is 2.25. The highest BCUT2D eigenvalue weighted by atomic mass is 16.5. The third kappa shape index (κ3) is 3.82. The molecule has 0 aromatic carbocycles. The van der Waals surface area contributed by atoms with Crippen LogP contribution < -0.4 is 9.64 Å². The van der Waals surface area contributed by atoms with E-state index in [2.05, 4.69) is 14.9 Å². The van der Waals surface area contributed by atoms with Crippen molar-refractivity contribution in [2.75, 3.05) is 24.6 Å². The van der Waals surface area contributed by atoms with E-state index in [9.17, 15) is 4.79 Å². The summed E-state index contributed by atoms with van der Waals surface area (Å²) in [5.41, 5.74) is 0.882. The molecule has 1 unspecified atom stereocenters. The number of aryl methyl sites for hydroxylation is 1. The van der Waals surface area contributed by atoms with Crippen molar-refractivity contribution < 1.29 is 14.6 Å². The number of rotatable bonds is 6. The Morgan fingerprint density at radius 2 is 2.35 bits per heavy atom. The summed E-state index contributed by atoms with van der Waals surface area (Å²) in [6.45, 7) is 6.12. The molecule has 1 fully saturated rings. The first-order valence-corrected chi connectivity index (χ1v) is 7.03. The van der Waals surface area contributed by atoms with Crippen LogP contribution in [0.25, 0.3) is 0 Å². The van der Waals surface area contributed by atoms with Gasteiger partial charge in [0.15, 0.2) is 0 Å². The van der Waals surface area contributed by atoms with Crippen LogP contribution in [0.15, 0.2) is 6.07 Å². The van der Waals surface area contributed by atoms with Crippen molar-refractivity contribution in [3.63, 3.8) is 0 Å². The highest BCUT2D eigenvalue weighted by Crippen LogP contribution is 2.25. The van der Waals surface area contributed by atoms with Crippen LogP contribution >= 0.6 is 0 Å². The molecule has 1 aliphatic heterocycles. The number of anilines is 1. The molecule has 1 aromatic heterocycles. The molecule has 1 saturated heterocycles. The number of hydrogen-bond donors (Lipinski definition) is 1. The topological polar surface area (TPSA) is 75.5 Å². The number of aromatic nitrogens is 2. The molecule has 1 aliphatic rings. The summed E-state index contributed by atoms with van der Waals surface area (Å²) in [4.78, 5) is 21.6. The van der Waals surface area contributed by atoms with Crippen LogP contribution in [0.3, 0.4) is 0 Å². The van der Waals surface area contributed by atoms with E-state index in [0.717, 1.165) is 31.6 Å². The molecule has 1 aromatic rings. The Kier molecular flexibility index (Phi) is 4.76. The molecule has 0 aliphatic carbocycles. The maximum Gasteiger partial charge on any atom is 0.303 e. The summed E-state index contributed by atoms with van der Waals surface area (Å²) in [7, 11) is 0. The van der Waals surface area contributed by atoms with Gasteiger partial charge in [-0.2, -0.15) is 4.98 Å². The van der Waals surface area contributed by atoms with E-state index in [4.69, 9.17) is 9.84 Å². The van der Waals surface area contributed by atoms with Crippen molar-refractivity contribution >= 4 is 11.9 Å². The van der Waals surface area contributed by atoms with Crippen LogP contribution in [0.2, 0.25) is 0 Å². The van der Waals surface area contributed by atoms with E-state index in [1.54, 1.807) is 0 Å². The molecular weight excluding hydrogens is 258 g/mol. The third-order valence-corrected chi connectivity index (χ3v) is 3.45. The van der Waals surface area contributed by atoms with Crippen molar-refractivity contribution in [3.8, 4) is 5.88 Å². The number of carboxylic acid groups (broad SMARTS) is 1. The molecule has 6 heteroatoms. The lowest BCUT2D eigenvalue weighted by Gasteiger charge is -2.17. The van der Waals surface area contributed by atoms with Crippen LogP contribution in [-0.4, -0.2) is 40.7 Å². The summed E-state index contributed by atoms with van der Waals surface area (Å²) < 4.78 is 5.44. The number of aliphatic carboxylic acids is 1. The number of carboxylic acids is 1. The summed E-state index contributed by atoms with van der Waals surface area (Å²) in [5, 5.41) is 8.73. The van der Waals surface area contributed by atoms with Gasteiger partial charge in [0.05, 0.1) is 6.61 Å². The lowest BCUT2D eigenvalue weighted by atomic mass is 10.0. The van der Waals surface area contributed by atoms with Gasteiger partial charge in [-0.1, -0.05) is 0 Å². The van der Waals surface area contributed by atoms with E-state index in [1.807, 2.05) is 19.9 Å². The predicted octanol–water partition coefficient (Wildman–Crippen LogP) is 1.87. The molecule has 1 N–H and O–H groups in total. The first kappa shape index (κ1) is 14.6. The molecule has 0 spiro atoms. The number of carbonyl (C=O) groups is 1. The fraction of sp³-hybridized carbons (Fsp3) is 0.643. The predicted molar refractivity (Wildman–Crippen MR) is 75.1 cm³/mol. The minimum absolute atomic E-state index is 0.234. The molecule has 20 heavy (non-hydrogen) atoms. The van der Waals surface area contributed by atoms with Gasteiger partial charge in [-0.3, -0.25) is 4.79 Å². The van der Waals surface area contributed by atoms with Crippen molar-refractivity contribution in [3.05, 3.63) is 11.8 Å². The van der Waals surface area contributed by atoms with E-state index in [0.29, 0.717) is 24.4 Å². The van der Waals surface area contributed by atoms with Crippen molar-refractivity contribution in [2.24, 2.45) is 5.92 Å². The molecule has 0 radical (unpaired) electrons. The second-order valence-corrected chi connectivity index (χ2v) is 5.11. The normalized spacial score (nSPS) is 18.3. The fourth-order valence-electron chi connectivity index (χ4n) is 2.47. The van der Waals surface area contributed by atoms with Crippen LogP contribution in [0.5, 0.6) is 5.88 Å². The zero-order valence-electron chi connectivity index (χ0n) is 12.0. The quantitative estimate of drug-likeness (QED) is 0.856. The van der Waals surface area contributed by atoms with Gasteiger partial charge in [-0.15, -0.1) is 0 Å². The Bertz CT molecular complexity index is 479. The lowest BCUT2D eigenvalue weighted by Crippen LogP contribution is -2.22. The Morgan fingerprint density at radius 3 is 3.05 bits per heavy atom. The summed E-state index contributed by atoms with van der Waals surface area (Å²) >= 11 is 0.